The molecular formula is C28H28N2O3. The normalized spacial score (nSPS) is 30.9. The smallest absolute Gasteiger partial charge is 0.257 e. The number of nitrogens with zero attached hydrogens (tertiary/aromatic N) is 1. The molecule has 3 fully saturated rings. The third kappa shape index (κ3) is 2.87. The van der Waals surface area contributed by atoms with Gasteiger partial charge in [-0.05, 0) is 66.2 Å². The van der Waals surface area contributed by atoms with Gasteiger partial charge in [-0.1, -0.05) is 56.3 Å². The van der Waals surface area contributed by atoms with Crippen LogP contribution in [0.15, 0.2) is 54.6 Å². The quantitative estimate of drug-likeness (QED) is 0.545. The molecule has 2 aromatic rings. The van der Waals surface area contributed by atoms with E-state index in [4.69, 9.17) is 0 Å². The summed E-state index contributed by atoms with van der Waals surface area (Å²) in [6, 6.07) is 13.1. The molecule has 5 heteroatoms. The highest BCUT2D eigenvalue weighted by Crippen LogP contribution is 2.65. The molecule has 6 atom stereocenters. The first-order valence-corrected chi connectivity index (χ1v) is 12.1. The number of imide groups is 1. The largest absolute Gasteiger partial charge is 0.321 e. The standard InChI is InChI=1S/C28H28N2O3/c1-3-15-8-7-9-16(4-2)25(15)29-26(31)19-10-5-6-11-22(19)30-27(32)23-17-12-13-18(21-14-20(17)21)24(23)28(30)33/h5-13,17-18,20-21,23-24H,3-4,14H2,1-2H3,(H,29,31)/t17-,18-,20-,21+,23+,24+/m0/s1. The van der Waals surface area contributed by atoms with Gasteiger partial charge in [0.05, 0.1) is 23.1 Å². The summed E-state index contributed by atoms with van der Waals surface area (Å²) in [5.74, 6) is 0.299. The first kappa shape index (κ1) is 20.4. The Morgan fingerprint density at radius 1 is 0.879 bits per heavy atom. The summed E-state index contributed by atoms with van der Waals surface area (Å²) >= 11 is 0. The Balaban J connectivity index is 1.35. The molecule has 5 aliphatic rings. The van der Waals surface area contributed by atoms with Crippen LogP contribution in [0, 0.1) is 35.5 Å². The molecule has 7 rings (SSSR count). The second kappa shape index (κ2) is 7.41. The highest BCUT2D eigenvalue weighted by molar-refractivity contribution is 6.25. The molecule has 5 nitrogen and oxygen atoms in total. The van der Waals surface area contributed by atoms with E-state index in [0.717, 1.165) is 36.1 Å². The molecule has 2 saturated carbocycles. The molecule has 1 heterocycles. The maximum atomic E-state index is 13.6. The zero-order valence-electron chi connectivity index (χ0n) is 19.0. The van der Waals surface area contributed by atoms with Crippen molar-refractivity contribution in [2.24, 2.45) is 35.5 Å². The number of anilines is 2. The van der Waals surface area contributed by atoms with E-state index in [2.05, 4.69) is 31.3 Å². The first-order chi connectivity index (χ1) is 16.0. The van der Waals surface area contributed by atoms with Gasteiger partial charge in [-0.2, -0.15) is 0 Å². The molecule has 4 aliphatic carbocycles. The van der Waals surface area contributed by atoms with E-state index in [9.17, 15) is 14.4 Å². The molecule has 1 N–H and O–H groups in total. The minimum Gasteiger partial charge on any atom is -0.321 e. The van der Waals surface area contributed by atoms with E-state index in [1.54, 1.807) is 24.3 Å². The summed E-state index contributed by atoms with van der Waals surface area (Å²) < 4.78 is 0. The highest BCUT2D eigenvalue weighted by Gasteiger charge is 2.67. The highest BCUT2D eigenvalue weighted by atomic mass is 16.2. The number of hydrogen-bond donors (Lipinski definition) is 1. The van der Waals surface area contributed by atoms with Gasteiger partial charge < -0.3 is 5.32 Å². The van der Waals surface area contributed by atoms with E-state index in [1.807, 2.05) is 18.2 Å². The van der Waals surface area contributed by atoms with Crippen LogP contribution < -0.4 is 10.2 Å². The minimum absolute atomic E-state index is 0.141. The molecule has 2 bridgehead atoms. The van der Waals surface area contributed by atoms with Crippen molar-refractivity contribution < 1.29 is 14.4 Å². The summed E-state index contributed by atoms with van der Waals surface area (Å²) in [5, 5.41) is 3.10. The van der Waals surface area contributed by atoms with Gasteiger partial charge in [-0.3, -0.25) is 14.4 Å². The average Bonchev–Trinajstić information content (AvgIpc) is 3.62. The Morgan fingerprint density at radius 3 is 2.03 bits per heavy atom. The lowest BCUT2D eigenvalue weighted by Gasteiger charge is -2.37. The summed E-state index contributed by atoms with van der Waals surface area (Å²) in [7, 11) is 0. The van der Waals surface area contributed by atoms with Crippen molar-refractivity contribution in [3.63, 3.8) is 0 Å². The fourth-order valence-electron chi connectivity index (χ4n) is 6.64. The zero-order valence-corrected chi connectivity index (χ0v) is 19.0. The molecule has 2 aromatic carbocycles. The first-order valence-electron chi connectivity index (χ1n) is 12.1. The molecule has 0 spiro atoms. The van der Waals surface area contributed by atoms with Gasteiger partial charge in [0, 0.05) is 5.69 Å². The van der Waals surface area contributed by atoms with Crippen LogP contribution in [0.1, 0.15) is 41.8 Å². The van der Waals surface area contributed by atoms with E-state index < -0.39 is 0 Å². The fraction of sp³-hybridized carbons (Fsp3) is 0.393. The van der Waals surface area contributed by atoms with Crippen molar-refractivity contribution >= 4 is 29.1 Å². The Bertz CT molecular complexity index is 1160. The topological polar surface area (TPSA) is 66.5 Å². The number of amides is 3. The van der Waals surface area contributed by atoms with Crippen LogP contribution in [-0.2, 0) is 22.4 Å². The predicted molar refractivity (Wildman–Crippen MR) is 127 cm³/mol. The number of carbonyl (C=O) groups is 3. The molecule has 0 aromatic heterocycles. The Kier molecular flexibility index (Phi) is 4.58. The van der Waals surface area contributed by atoms with Gasteiger partial charge in [0.25, 0.3) is 5.91 Å². The van der Waals surface area contributed by atoms with Crippen molar-refractivity contribution in [3.05, 3.63) is 71.3 Å². The number of hydrogen-bond acceptors (Lipinski definition) is 3. The molecule has 0 unspecified atom stereocenters. The number of rotatable bonds is 5. The van der Waals surface area contributed by atoms with Crippen LogP contribution in [0.2, 0.25) is 0 Å². The van der Waals surface area contributed by atoms with Crippen molar-refractivity contribution in [1.29, 1.82) is 0 Å². The predicted octanol–water partition coefficient (Wildman–Crippen LogP) is 4.62. The van der Waals surface area contributed by atoms with E-state index >= 15 is 0 Å². The molecule has 33 heavy (non-hydrogen) atoms. The van der Waals surface area contributed by atoms with Gasteiger partial charge >= 0.3 is 0 Å². The Labute approximate surface area is 193 Å². The van der Waals surface area contributed by atoms with Crippen molar-refractivity contribution in [2.75, 3.05) is 10.2 Å². The maximum Gasteiger partial charge on any atom is 0.257 e. The number of carbonyl (C=O) groups excluding carboxylic acids is 3. The van der Waals surface area contributed by atoms with E-state index in [1.165, 1.54) is 4.90 Å². The third-order valence-corrected chi connectivity index (χ3v) is 8.29. The zero-order chi connectivity index (χ0) is 22.9. The average molecular weight is 441 g/mol. The van der Waals surface area contributed by atoms with Crippen molar-refractivity contribution in [3.8, 4) is 0 Å². The molecule has 168 valence electrons. The Hall–Kier alpha value is -3.21. The monoisotopic (exact) mass is 440 g/mol. The van der Waals surface area contributed by atoms with Crippen LogP contribution in [0.4, 0.5) is 11.4 Å². The second-order valence-corrected chi connectivity index (χ2v) is 9.80. The van der Waals surface area contributed by atoms with Crippen molar-refractivity contribution in [2.45, 2.75) is 33.1 Å². The summed E-state index contributed by atoms with van der Waals surface area (Å²) in [6.07, 6.45) is 7.07. The van der Waals surface area contributed by atoms with Crippen LogP contribution in [0.3, 0.4) is 0 Å². The number of allylic oxidation sites excluding steroid dienone is 2. The van der Waals surface area contributed by atoms with Gasteiger partial charge in [0.2, 0.25) is 11.8 Å². The van der Waals surface area contributed by atoms with Crippen LogP contribution >= 0.6 is 0 Å². The lowest BCUT2D eigenvalue weighted by molar-refractivity contribution is -0.124. The molecular weight excluding hydrogens is 412 g/mol. The summed E-state index contributed by atoms with van der Waals surface area (Å²) in [5.41, 5.74) is 3.73. The number of benzene rings is 2. The number of para-hydroxylation sites is 2. The molecule has 1 saturated heterocycles. The summed E-state index contributed by atoms with van der Waals surface area (Å²) in [4.78, 5) is 42.0. The van der Waals surface area contributed by atoms with Gasteiger partial charge in [-0.25, -0.2) is 4.90 Å². The van der Waals surface area contributed by atoms with Gasteiger partial charge in [-0.15, -0.1) is 0 Å². The minimum atomic E-state index is -0.291. The van der Waals surface area contributed by atoms with Crippen molar-refractivity contribution in [1.82, 2.24) is 0 Å². The molecule has 1 aliphatic heterocycles. The Morgan fingerprint density at radius 2 is 1.45 bits per heavy atom. The maximum absolute atomic E-state index is 13.6. The lowest BCUT2D eigenvalue weighted by Crippen LogP contribution is -2.40. The van der Waals surface area contributed by atoms with E-state index in [0.29, 0.717) is 23.1 Å². The lowest BCUT2D eigenvalue weighted by atomic mass is 9.63. The fourth-order valence-corrected chi connectivity index (χ4v) is 6.64. The SMILES string of the molecule is CCc1cccc(CC)c1NC(=O)c1ccccc1N1C(=O)[C@@H]2[C@H]3C=C[C@@H]([C@@H]4C[C@H]34)[C@H]2C1=O. The number of aryl methyl sites for hydroxylation is 2. The van der Waals surface area contributed by atoms with Gasteiger partial charge in [0.15, 0.2) is 0 Å². The van der Waals surface area contributed by atoms with Gasteiger partial charge in [0.1, 0.15) is 0 Å². The van der Waals surface area contributed by atoms with E-state index in [-0.39, 0.29) is 41.4 Å². The molecule has 3 amide bonds. The van der Waals surface area contributed by atoms with Crippen LogP contribution in [-0.4, -0.2) is 17.7 Å². The molecule has 0 radical (unpaired) electrons. The summed E-state index contributed by atoms with van der Waals surface area (Å²) in [6.45, 7) is 4.13. The van der Waals surface area contributed by atoms with Crippen LogP contribution in [0.25, 0.3) is 0 Å². The number of nitrogens with one attached hydrogen (secondary N) is 1. The van der Waals surface area contributed by atoms with Crippen LogP contribution in [0.5, 0.6) is 0 Å². The third-order valence-electron chi connectivity index (χ3n) is 8.29. The second-order valence-electron chi connectivity index (χ2n) is 9.80.